The number of hydrogen-bond acceptors (Lipinski definition) is 3. The summed E-state index contributed by atoms with van der Waals surface area (Å²) >= 11 is 0. The third kappa shape index (κ3) is 7.20. The van der Waals surface area contributed by atoms with E-state index >= 15 is 0 Å². The third-order valence-corrected chi connectivity index (χ3v) is 2.28. The third-order valence-electron chi connectivity index (χ3n) is 2.28. The number of alkyl halides is 3. The molecule has 20 heavy (non-hydrogen) atoms. The Hall–Kier alpha value is -1.47. The molecule has 0 heterocycles. The number of nitrogens with one attached hydrogen (secondary N) is 1. The van der Waals surface area contributed by atoms with Gasteiger partial charge in [0.05, 0.1) is 0 Å². The molecular weight excluding hydrogens is 297 g/mol. The fourth-order valence-electron chi connectivity index (χ4n) is 1.42. The van der Waals surface area contributed by atoms with Gasteiger partial charge in [0.1, 0.15) is 5.75 Å². The first-order valence-corrected chi connectivity index (χ1v) is 5.73. The smallest absolute Gasteiger partial charge is 0.405 e. The first-order valence-electron chi connectivity index (χ1n) is 5.73. The highest BCUT2D eigenvalue weighted by atomic mass is 35.5. The van der Waals surface area contributed by atoms with Crippen molar-refractivity contribution >= 4 is 18.3 Å². The van der Waals surface area contributed by atoms with Crippen LogP contribution >= 0.6 is 12.4 Å². The molecule has 0 spiro atoms. The van der Waals surface area contributed by atoms with Gasteiger partial charge in [0.2, 0.25) is 5.91 Å². The van der Waals surface area contributed by atoms with E-state index in [1.165, 1.54) is 18.2 Å². The predicted octanol–water partition coefficient (Wildman–Crippen LogP) is 2.36. The van der Waals surface area contributed by atoms with Gasteiger partial charge in [0, 0.05) is 18.5 Å². The van der Waals surface area contributed by atoms with Crippen molar-refractivity contribution in [3.63, 3.8) is 0 Å². The Morgan fingerprint density at radius 2 is 1.95 bits per heavy atom. The van der Waals surface area contributed by atoms with E-state index < -0.39 is 6.36 Å². The number of rotatable bonds is 6. The standard InChI is InChI=1S/C12H15F3N2O2.ClH/c13-12(14,15)19-10-5-2-1-4-9(10)8-17-11(18)6-3-7-16;/h1-2,4-5H,3,6-8,16H2,(H,17,18);1H. The zero-order valence-corrected chi connectivity index (χ0v) is 11.4. The minimum atomic E-state index is -4.75. The van der Waals surface area contributed by atoms with Gasteiger partial charge in [-0.15, -0.1) is 25.6 Å². The largest absolute Gasteiger partial charge is 0.573 e. The molecule has 1 aromatic carbocycles. The predicted molar refractivity (Wildman–Crippen MR) is 70.5 cm³/mol. The Kier molecular flexibility index (Phi) is 8.02. The van der Waals surface area contributed by atoms with Crippen LogP contribution in [0.15, 0.2) is 24.3 Å². The number of halogens is 4. The van der Waals surface area contributed by atoms with E-state index in [4.69, 9.17) is 5.73 Å². The molecule has 0 unspecified atom stereocenters. The maximum atomic E-state index is 12.2. The molecule has 114 valence electrons. The molecule has 0 aliphatic heterocycles. The van der Waals surface area contributed by atoms with Crippen LogP contribution in [-0.2, 0) is 11.3 Å². The van der Waals surface area contributed by atoms with Crippen molar-refractivity contribution in [3.8, 4) is 5.75 Å². The summed E-state index contributed by atoms with van der Waals surface area (Å²) in [6.07, 6.45) is -3.97. The second-order valence-electron chi connectivity index (χ2n) is 3.82. The van der Waals surface area contributed by atoms with Crippen molar-refractivity contribution in [2.45, 2.75) is 25.7 Å². The van der Waals surface area contributed by atoms with E-state index in [0.717, 1.165) is 0 Å². The van der Waals surface area contributed by atoms with Gasteiger partial charge in [-0.3, -0.25) is 4.79 Å². The van der Waals surface area contributed by atoms with E-state index in [9.17, 15) is 18.0 Å². The van der Waals surface area contributed by atoms with Crippen LogP contribution in [0.1, 0.15) is 18.4 Å². The molecule has 8 heteroatoms. The number of para-hydroxylation sites is 1. The Labute approximate surface area is 120 Å². The maximum absolute atomic E-state index is 12.2. The highest BCUT2D eigenvalue weighted by Crippen LogP contribution is 2.25. The van der Waals surface area contributed by atoms with Crippen LogP contribution in [0.3, 0.4) is 0 Å². The second kappa shape index (κ2) is 8.65. The summed E-state index contributed by atoms with van der Waals surface area (Å²) < 4.78 is 40.4. The fraction of sp³-hybridized carbons (Fsp3) is 0.417. The van der Waals surface area contributed by atoms with Gasteiger partial charge in [-0.25, -0.2) is 0 Å². The highest BCUT2D eigenvalue weighted by Gasteiger charge is 2.31. The molecule has 0 atom stereocenters. The van der Waals surface area contributed by atoms with Crippen LogP contribution in [-0.4, -0.2) is 18.8 Å². The molecule has 0 saturated carbocycles. The van der Waals surface area contributed by atoms with Gasteiger partial charge in [0.15, 0.2) is 0 Å². The summed E-state index contributed by atoms with van der Waals surface area (Å²) in [6.45, 7) is 0.372. The normalized spacial score (nSPS) is 10.6. The van der Waals surface area contributed by atoms with Gasteiger partial charge >= 0.3 is 6.36 Å². The van der Waals surface area contributed by atoms with Crippen molar-refractivity contribution in [2.24, 2.45) is 5.73 Å². The Balaban J connectivity index is 0.00000361. The lowest BCUT2D eigenvalue weighted by atomic mass is 10.2. The molecule has 0 saturated heterocycles. The zero-order valence-electron chi connectivity index (χ0n) is 10.6. The van der Waals surface area contributed by atoms with Crippen molar-refractivity contribution in [3.05, 3.63) is 29.8 Å². The molecule has 3 N–H and O–H groups in total. The van der Waals surface area contributed by atoms with Crippen molar-refractivity contribution in [1.29, 1.82) is 0 Å². The zero-order chi connectivity index (χ0) is 14.3. The molecule has 1 aromatic rings. The van der Waals surface area contributed by atoms with Crippen LogP contribution in [0, 0.1) is 0 Å². The number of nitrogens with two attached hydrogens (primary N) is 1. The van der Waals surface area contributed by atoms with Gasteiger partial charge in [-0.1, -0.05) is 18.2 Å². The Morgan fingerprint density at radius 3 is 2.55 bits per heavy atom. The highest BCUT2D eigenvalue weighted by molar-refractivity contribution is 5.85. The molecule has 0 radical (unpaired) electrons. The summed E-state index contributed by atoms with van der Waals surface area (Å²) in [5.41, 5.74) is 5.52. The summed E-state index contributed by atoms with van der Waals surface area (Å²) in [6, 6.07) is 5.67. The monoisotopic (exact) mass is 312 g/mol. The van der Waals surface area contributed by atoms with Crippen molar-refractivity contribution < 1.29 is 22.7 Å². The van der Waals surface area contributed by atoms with E-state index in [0.29, 0.717) is 13.0 Å². The lowest BCUT2D eigenvalue weighted by Crippen LogP contribution is -2.24. The first-order chi connectivity index (χ1) is 8.92. The van der Waals surface area contributed by atoms with Crippen molar-refractivity contribution in [2.75, 3.05) is 6.54 Å². The van der Waals surface area contributed by atoms with E-state index in [-0.39, 0.29) is 42.6 Å². The molecule has 0 aliphatic rings. The first kappa shape index (κ1) is 18.5. The van der Waals surface area contributed by atoms with E-state index in [1.54, 1.807) is 6.07 Å². The van der Waals surface area contributed by atoms with Crippen molar-refractivity contribution in [1.82, 2.24) is 5.32 Å². The molecular formula is C12H16ClF3N2O2. The van der Waals surface area contributed by atoms with Crippen LogP contribution in [0.2, 0.25) is 0 Å². The number of carbonyl (C=O) groups is 1. The van der Waals surface area contributed by atoms with Crippen LogP contribution in [0.25, 0.3) is 0 Å². The quantitative estimate of drug-likeness (QED) is 0.847. The number of carbonyl (C=O) groups excluding carboxylic acids is 1. The summed E-state index contributed by atoms with van der Waals surface area (Å²) in [5, 5.41) is 2.52. The summed E-state index contributed by atoms with van der Waals surface area (Å²) in [4.78, 5) is 11.3. The molecule has 0 aromatic heterocycles. The lowest BCUT2D eigenvalue weighted by molar-refractivity contribution is -0.274. The van der Waals surface area contributed by atoms with Gasteiger partial charge in [0.25, 0.3) is 0 Å². The number of amides is 1. The lowest BCUT2D eigenvalue weighted by Gasteiger charge is -2.13. The molecule has 0 bridgehead atoms. The molecule has 4 nitrogen and oxygen atoms in total. The SMILES string of the molecule is Cl.NCCCC(=O)NCc1ccccc1OC(F)(F)F. The van der Waals surface area contributed by atoms with Gasteiger partial charge in [-0.2, -0.15) is 0 Å². The molecule has 0 fully saturated rings. The average Bonchev–Trinajstić information content (AvgIpc) is 2.33. The van der Waals surface area contributed by atoms with Crippen LogP contribution in [0.5, 0.6) is 5.75 Å². The van der Waals surface area contributed by atoms with Crippen LogP contribution in [0.4, 0.5) is 13.2 Å². The van der Waals surface area contributed by atoms with Crippen LogP contribution < -0.4 is 15.8 Å². The summed E-state index contributed by atoms with van der Waals surface area (Å²) in [5.74, 6) is -0.568. The number of hydrogen-bond donors (Lipinski definition) is 2. The Morgan fingerprint density at radius 1 is 1.30 bits per heavy atom. The Bertz CT molecular complexity index is 427. The fourth-order valence-corrected chi connectivity index (χ4v) is 1.42. The minimum Gasteiger partial charge on any atom is -0.405 e. The van der Waals surface area contributed by atoms with Gasteiger partial charge in [-0.05, 0) is 19.0 Å². The average molecular weight is 313 g/mol. The molecule has 1 rings (SSSR count). The summed E-state index contributed by atoms with van der Waals surface area (Å²) in [7, 11) is 0. The molecule has 1 amide bonds. The second-order valence-corrected chi connectivity index (χ2v) is 3.82. The van der Waals surface area contributed by atoms with E-state index in [1.807, 2.05) is 0 Å². The topological polar surface area (TPSA) is 64.4 Å². The van der Waals surface area contributed by atoms with Gasteiger partial charge < -0.3 is 15.8 Å². The minimum absolute atomic E-state index is 0. The number of benzene rings is 1. The maximum Gasteiger partial charge on any atom is 0.573 e. The number of ether oxygens (including phenoxy) is 1. The molecule has 0 aliphatic carbocycles. The van der Waals surface area contributed by atoms with E-state index in [2.05, 4.69) is 10.1 Å².